The Hall–Kier alpha value is -3.37. The molecule has 0 unspecified atom stereocenters. The summed E-state index contributed by atoms with van der Waals surface area (Å²) in [6.07, 6.45) is -4.82. The highest BCUT2D eigenvalue weighted by molar-refractivity contribution is 7.92. The molecule has 3 aromatic carbocycles. The molecule has 0 aliphatic rings. The summed E-state index contributed by atoms with van der Waals surface area (Å²) < 4.78 is 67.3. The summed E-state index contributed by atoms with van der Waals surface area (Å²) in [5.41, 5.74) is 1.84. The van der Waals surface area contributed by atoms with Crippen LogP contribution in [0, 0.1) is 0 Å². The van der Waals surface area contributed by atoms with Crippen molar-refractivity contribution in [1.82, 2.24) is 5.43 Å². The van der Waals surface area contributed by atoms with Gasteiger partial charge in [-0.05, 0) is 42.8 Å². The van der Waals surface area contributed by atoms with Gasteiger partial charge in [-0.1, -0.05) is 60.1 Å². The van der Waals surface area contributed by atoms with Crippen LogP contribution in [0.15, 0.2) is 88.9 Å². The van der Waals surface area contributed by atoms with Crippen molar-refractivity contribution >= 4 is 38.9 Å². The van der Waals surface area contributed by atoms with Crippen molar-refractivity contribution in [3.63, 3.8) is 0 Å². The van der Waals surface area contributed by atoms with Gasteiger partial charge in [0.15, 0.2) is 0 Å². The number of benzene rings is 3. The zero-order valence-corrected chi connectivity index (χ0v) is 19.3. The minimum atomic E-state index is -4.82. The normalized spacial score (nSPS) is 12.3. The van der Waals surface area contributed by atoms with Crippen LogP contribution in [0.3, 0.4) is 0 Å². The first-order valence-corrected chi connectivity index (χ1v) is 11.6. The number of alkyl halides is 3. The summed E-state index contributed by atoms with van der Waals surface area (Å²) in [6, 6.07) is 18.6. The molecule has 11 heteroatoms. The highest BCUT2D eigenvalue weighted by Crippen LogP contribution is 2.37. The molecule has 0 heterocycles. The molecule has 0 atom stereocenters. The fourth-order valence-corrected chi connectivity index (χ4v) is 4.63. The smallest absolute Gasteiger partial charge is 0.271 e. The minimum absolute atomic E-state index is 0.199. The molecular weight excluding hydrogens is 491 g/mol. The van der Waals surface area contributed by atoms with E-state index in [0.717, 1.165) is 17.7 Å². The molecule has 0 aromatic heterocycles. The van der Waals surface area contributed by atoms with E-state index in [1.807, 2.05) is 6.07 Å². The maximum absolute atomic E-state index is 13.4. The van der Waals surface area contributed by atoms with E-state index in [2.05, 4.69) is 10.5 Å². The fraction of sp³-hybridized carbons (Fsp3) is 0.130. The van der Waals surface area contributed by atoms with E-state index < -0.39 is 39.2 Å². The summed E-state index contributed by atoms with van der Waals surface area (Å²) in [5, 5.41) is 3.36. The number of hydrogen-bond acceptors (Lipinski definition) is 4. The molecule has 3 rings (SSSR count). The highest BCUT2D eigenvalue weighted by atomic mass is 35.5. The second-order valence-electron chi connectivity index (χ2n) is 7.08. The van der Waals surface area contributed by atoms with Crippen LogP contribution < -0.4 is 9.73 Å². The zero-order valence-electron chi connectivity index (χ0n) is 17.8. The Kier molecular flexibility index (Phi) is 7.63. The van der Waals surface area contributed by atoms with E-state index in [1.54, 1.807) is 37.3 Å². The molecule has 0 fully saturated rings. The van der Waals surface area contributed by atoms with E-state index in [-0.39, 0.29) is 10.6 Å². The molecule has 34 heavy (non-hydrogen) atoms. The molecule has 6 nitrogen and oxygen atoms in total. The quantitative estimate of drug-likeness (QED) is 0.356. The van der Waals surface area contributed by atoms with Crippen molar-refractivity contribution < 1.29 is 26.4 Å². The lowest BCUT2D eigenvalue weighted by molar-refractivity contribution is -0.137. The number of nitrogens with one attached hydrogen (secondary N) is 1. The standard InChI is InChI=1S/C23H19ClF3N3O3S/c1-16(17-8-4-2-5-9-17)28-29-22(31)15-30(34(32,33)19-10-6-3-7-11-19)18-12-13-21(24)20(14-18)23(25,26)27/h2-14H,15H2,1H3,(H,29,31)/b28-16-. The number of amides is 1. The number of nitrogens with zero attached hydrogens (tertiary/aromatic N) is 2. The van der Waals surface area contributed by atoms with Gasteiger partial charge in [0.1, 0.15) is 6.54 Å². The van der Waals surface area contributed by atoms with Crippen LogP contribution in [0.25, 0.3) is 0 Å². The Labute approximate surface area is 199 Å². The number of sulfonamides is 1. The number of hydrogen-bond donors (Lipinski definition) is 1. The Morgan fingerprint density at radius 3 is 2.18 bits per heavy atom. The van der Waals surface area contributed by atoms with Crippen molar-refractivity contribution in [3.8, 4) is 0 Å². The van der Waals surface area contributed by atoms with Gasteiger partial charge in [0, 0.05) is 0 Å². The highest BCUT2D eigenvalue weighted by Gasteiger charge is 2.35. The topological polar surface area (TPSA) is 78.8 Å². The van der Waals surface area contributed by atoms with Gasteiger partial charge in [-0.15, -0.1) is 0 Å². The lowest BCUT2D eigenvalue weighted by atomic mass is 10.1. The van der Waals surface area contributed by atoms with Crippen LogP contribution in [0.4, 0.5) is 18.9 Å². The third kappa shape index (κ3) is 5.95. The molecular formula is C23H19ClF3N3O3S. The number of carbonyl (C=O) groups excluding carboxylic acids is 1. The predicted octanol–water partition coefficient (Wildman–Crippen LogP) is 5.09. The second kappa shape index (κ2) is 10.3. The maximum Gasteiger partial charge on any atom is 0.417 e. The predicted molar refractivity (Wildman–Crippen MR) is 124 cm³/mol. The number of rotatable bonds is 7. The number of halogens is 4. The zero-order chi connectivity index (χ0) is 24.9. The summed E-state index contributed by atoms with van der Waals surface area (Å²) in [5.74, 6) is -0.849. The second-order valence-corrected chi connectivity index (χ2v) is 9.35. The molecule has 0 aliphatic carbocycles. The van der Waals surface area contributed by atoms with Crippen LogP contribution in [0.5, 0.6) is 0 Å². The van der Waals surface area contributed by atoms with E-state index in [1.165, 1.54) is 24.3 Å². The van der Waals surface area contributed by atoms with Gasteiger partial charge < -0.3 is 0 Å². The van der Waals surface area contributed by atoms with Crippen LogP contribution >= 0.6 is 11.6 Å². The van der Waals surface area contributed by atoms with Gasteiger partial charge in [0.05, 0.1) is 26.9 Å². The molecule has 0 spiro atoms. The molecule has 0 bridgehead atoms. The Morgan fingerprint density at radius 1 is 1.00 bits per heavy atom. The van der Waals surface area contributed by atoms with E-state index in [9.17, 15) is 26.4 Å². The van der Waals surface area contributed by atoms with Crippen LogP contribution in [0.1, 0.15) is 18.1 Å². The lowest BCUT2D eigenvalue weighted by Gasteiger charge is -2.25. The van der Waals surface area contributed by atoms with Crippen molar-refractivity contribution in [2.24, 2.45) is 5.10 Å². The molecule has 0 saturated carbocycles. The molecule has 0 saturated heterocycles. The van der Waals surface area contributed by atoms with Gasteiger partial charge in [0.25, 0.3) is 15.9 Å². The van der Waals surface area contributed by atoms with Crippen LogP contribution in [-0.2, 0) is 21.0 Å². The van der Waals surface area contributed by atoms with Crippen molar-refractivity contribution in [2.75, 3.05) is 10.8 Å². The van der Waals surface area contributed by atoms with Crippen molar-refractivity contribution in [2.45, 2.75) is 18.0 Å². The van der Waals surface area contributed by atoms with E-state index in [4.69, 9.17) is 11.6 Å². The molecule has 1 N–H and O–H groups in total. The number of anilines is 1. The molecule has 0 aliphatic heterocycles. The largest absolute Gasteiger partial charge is 0.417 e. The summed E-state index contributed by atoms with van der Waals surface area (Å²) in [6.45, 7) is 0.824. The van der Waals surface area contributed by atoms with Crippen molar-refractivity contribution in [1.29, 1.82) is 0 Å². The van der Waals surface area contributed by atoms with Crippen LogP contribution in [-0.4, -0.2) is 26.6 Å². The number of hydrazone groups is 1. The average Bonchev–Trinajstić information content (AvgIpc) is 2.81. The maximum atomic E-state index is 13.4. The van der Waals surface area contributed by atoms with Gasteiger partial charge >= 0.3 is 6.18 Å². The van der Waals surface area contributed by atoms with Gasteiger partial charge in [0.2, 0.25) is 0 Å². The van der Waals surface area contributed by atoms with Crippen LogP contribution in [0.2, 0.25) is 5.02 Å². The summed E-state index contributed by atoms with van der Waals surface area (Å²) >= 11 is 5.68. The van der Waals surface area contributed by atoms with E-state index in [0.29, 0.717) is 16.1 Å². The summed E-state index contributed by atoms with van der Waals surface area (Å²) in [4.78, 5) is 12.4. The SMILES string of the molecule is C/C(=N/NC(=O)CN(c1ccc(Cl)c(C(F)(F)F)c1)S(=O)(=O)c1ccccc1)c1ccccc1. The average molecular weight is 510 g/mol. The first kappa shape index (κ1) is 25.3. The Morgan fingerprint density at radius 2 is 1.59 bits per heavy atom. The van der Waals surface area contributed by atoms with Gasteiger partial charge in [-0.25, -0.2) is 13.8 Å². The third-order valence-corrected chi connectivity index (χ3v) is 6.82. The monoisotopic (exact) mass is 509 g/mol. The minimum Gasteiger partial charge on any atom is -0.271 e. The first-order chi connectivity index (χ1) is 16.0. The first-order valence-electron chi connectivity index (χ1n) is 9.83. The van der Waals surface area contributed by atoms with Gasteiger partial charge in [-0.3, -0.25) is 9.10 Å². The molecule has 1 amide bonds. The number of carbonyl (C=O) groups is 1. The Balaban J connectivity index is 1.97. The molecule has 0 radical (unpaired) electrons. The third-order valence-electron chi connectivity index (χ3n) is 4.70. The molecule has 178 valence electrons. The lowest BCUT2D eigenvalue weighted by Crippen LogP contribution is -2.40. The molecule has 3 aromatic rings. The van der Waals surface area contributed by atoms with E-state index >= 15 is 0 Å². The fourth-order valence-electron chi connectivity index (χ4n) is 2.98. The van der Waals surface area contributed by atoms with Gasteiger partial charge in [-0.2, -0.15) is 18.3 Å². The van der Waals surface area contributed by atoms with Crippen molar-refractivity contribution in [3.05, 3.63) is 95.0 Å². The Bertz CT molecular complexity index is 1300. The summed E-state index contributed by atoms with van der Waals surface area (Å²) in [7, 11) is -4.40.